The summed E-state index contributed by atoms with van der Waals surface area (Å²) in [5.41, 5.74) is 1.91. The van der Waals surface area contributed by atoms with Gasteiger partial charge in [-0.15, -0.1) is 0 Å². The molecule has 1 atom stereocenters. The summed E-state index contributed by atoms with van der Waals surface area (Å²) < 4.78 is 5.03. The molecule has 0 fully saturated rings. The van der Waals surface area contributed by atoms with E-state index >= 15 is 0 Å². The highest BCUT2D eigenvalue weighted by Gasteiger charge is 2.12. The molecule has 1 N–H and O–H groups in total. The van der Waals surface area contributed by atoms with Gasteiger partial charge in [0, 0.05) is 30.9 Å². The molecular formula is C13H16N2O2. The Morgan fingerprint density at radius 3 is 2.94 bits per heavy atom. The van der Waals surface area contributed by atoms with Crippen LogP contribution in [-0.2, 0) is 6.54 Å². The van der Waals surface area contributed by atoms with E-state index in [2.05, 4.69) is 4.98 Å². The molecule has 0 saturated heterocycles. The minimum atomic E-state index is -0.523. The van der Waals surface area contributed by atoms with E-state index in [0.29, 0.717) is 6.54 Å². The van der Waals surface area contributed by atoms with E-state index in [4.69, 9.17) is 4.42 Å². The van der Waals surface area contributed by atoms with Gasteiger partial charge in [0.1, 0.15) is 5.82 Å². The maximum absolute atomic E-state index is 9.69. The van der Waals surface area contributed by atoms with Crippen molar-refractivity contribution in [2.75, 3.05) is 11.9 Å². The number of anilines is 1. The Morgan fingerprint density at radius 2 is 2.29 bits per heavy atom. The van der Waals surface area contributed by atoms with E-state index in [1.807, 2.05) is 30.1 Å². The second-order valence-electron chi connectivity index (χ2n) is 4.08. The molecule has 2 aromatic rings. The highest BCUT2D eigenvalue weighted by molar-refractivity contribution is 5.47. The summed E-state index contributed by atoms with van der Waals surface area (Å²) >= 11 is 0. The summed E-state index contributed by atoms with van der Waals surface area (Å²) in [6.45, 7) is 2.44. The van der Waals surface area contributed by atoms with Gasteiger partial charge in [-0.1, -0.05) is 6.07 Å². The van der Waals surface area contributed by atoms with E-state index < -0.39 is 6.10 Å². The number of hydrogen-bond acceptors (Lipinski definition) is 4. The number of aromatic nitrogens is 1. The largest absolute Gasteiger partial charge is 0.472 e. The molecule has 2 heterocycles. The fraction of sp³-hybridized carbons (Fsp3) is 0.308. The summed E-state index contributed by atoms with van der Waals surface area (Å²) in [7, 11) is 1.95. The van der Waals surface area contributed by atoms with Crippen LogP contribution in [0, 0.1) is 0 Å². The predicted octanol–water partition coefficient (Wildman–Crippen LogP) is 2.36. The van der Waals surface area contributed by atoms with Crippen molar-refractivity contribution < 1.29 is 9.52 Å². The smallest absolute Gasteiger partial charge is 0.134 e. The molecule has 0 aliphatic carbocycles. The van der Waals surface area contributed by atoms with Crippen LogP contribution in [0.4, 0.5) is 5.82 Å². The molecule has 0 unspecified atom stereocenters. The maximum Gasteiger partial charge on any atom is 0.134 e. The zero-order valence-corrected chi connectivity index (χ0v) is 10.00. The molecule has 0 saturated carbocycles. The molecule has 0 aromatic carbocycles. The van der Waals surface area contributed by atoms with Crippen molar-refractivity contribution in [1.29, 1.82) is 0 Å². The van der Waals surface area contributed by atoms with Crippen LogP contribution in [0.25, 0.3) is 0 Å². The molecule has 4 heteroatoms. The molecule has 0 bridgehead atoms. The zero-order chi connectivity index (χ0) is 12.3. The van der Waals surface area contributed by atoms with Crippen molar-refractivity contribution in [1.82, 2.24) is 4.98 Å². The van der Waals surface area contributed by atoms with E-state index in [-0.39, 0.29) is 0 Å². The highest BCUT2D eigenvalue weighted by Crippen LogP contribution is 2.23. The molecule has 0 aliphatic heterocycles. The third-order valence-corrected chi connectivity index (χ3v) is 2.63. The molecule has 2 aromatic heterocycles. The van der Waals surface area contributed by atoms with Crippen molar-refractivity contribution >= 4 is 5.82 Å². The number of aliphatic hydroxyl groups is 1. The van der Waals surface area contributed by atoms with Gasteiger partial charge < -0.3 is 14.4 Å². The van der Waals surface area contributed by atoms with Crippen LogP contribution < -0.4 is 4.90 Å². The van der Waals surface area contributed by atoms with Gasteiger partial charge >= 0.3 is 0 Å². The van der Waals surface area contributed by atoms with Gasteiger partial charge in [0.15, 0.2) is 0 Å². The van der Waals surface area contributed by atoms with Gasteiger partial charge in [0.05, 0.1) is 18.6 Å². The van der Waals surface area contributed by atoms with Crippen molar-refractivity contribution in [2.45, 2.75) is 19.6 Å². The van der Waals surface area contributed by atoms with E-state index in [1.54, 1.807) is 25.6 Å². The third kappa shape index (κ3) is 2.65. The minimum absolute atomic E-state index is 0.523. The Bertz CT molecular complexity index is 466. The van der Waals surface area contributed by atoms with Crippen LogP contribution >= 0.6 is 0 Å². The standard InChI is InChI=1S/C13H16N2O2/c1-10(16)12-4-3-6-14-13(12)15(2)8-11-5-7-17-9-11/h3-7,9-10,16H,8H2,1-2H3/t10-/m1/s1. The second kappa shape index (κ2) is 5.01. The number of pyridine rings is 1. The van der Waals surface area contributed by atoms with Crippen LogP contribution in [0.1, 0.15) is 24.2 Å². The number of furan rings is 1. The average molecular weight is 232 g/mol. The van der Waals surface area contributed by atoms with Gasteiger partial charge in [-0.2, -0.15) is 0 Å². The first-order valence-corrected chi connectivity index (χ1v) is 5.53. The average Bonchev–Trinajstić information content (AvgIpc) is 2.81. The number of nitrogens with zero attached hydrogens (tertiary/aromatic N) is 2. The Labute approximate surface area is 101 Å². The Morgan fingerprint density at radius 1 is 1.47 bits per heavy atom. The minimum Gasteiger partial charge on any atom is -0.472 e. The van der Waals surface area contributed by atoms with Crippen LogP contribution in [0.2, 0.25) is 0 Å². The van der Waals surface area contributed by atoms with E-state index in [9.17, 15) is 5.11 Å². The van der Waals surface area contributed by atoms with Crippen molar-refractivity contribution in [2.24, 2.45) is 0 Å². The normalized spacial score (nSPS) is 12.4. The fourth-order valence-corrected chi connectivity index (χ4v) is 1.79. The van der Waals surface area contributed by atoms with Crippen molar-refractivity contribution in [3.63, 3.8) is 0 Å². The lowest BCUT2D eigenvalue weighted by molar-refractivity contribution is 0.199. The lowest BCUT2D eigenvalue weighted by Crippen LogP contribution is -2.19. The fourth-order valence-electron chi connectivity index (χ4n) is 1.79. The van der Waals surface area contributed by atoms with Gasteiger partial charge in [0.2, 0.25) is 0 Å². The number of rotatable bonds is 4. The first-order chi connectivity index (χ1) is 8.18. The summed E-state index contributed by atoms with van der Waals surface area (Å²) in [6, 6.07) is 5.64. The van der Waals surface area contributed by atoms with Crippen LogP contribution in [-0.4, -0.2) is 17.1 Å². The van der Waals surface area contributed by atoms with E-state index in [0.717, 1.165) is 16.9 Å². The molecule has 0 radical (unpaired) electrons. The quantitative estimate of drug-likeness (QED) is 0.879. The molecule has 0 spiro atoms. The topological polar surface area (TPSA) is 49.5 Å². The first kappa shape index (κ1) is 11.7. The highest BCUT2D eigenvalue weighted by atomic mass is 16.3. The van der Waals surface area contributed by atoms with Gasteiger partial charge in [-0.3, -0.25) is 0 Å². The molecule has 4 nitrogen and oxygen atoms in total. The summed E-state index contributed by atoms with van der Waals surface area (Å²) in [4.78, 5) is 6.31. The first-order valence-electron chi connectivity index (χ1n) is 5.53. The molecule has 90 valence electrons. The lowest BCUT2D eigenvalue weighted by atomic mass is 10.1. The van der Waals surface area contributed by atoms with Crippen molar-refractivity contribution in [3.05, 3.63) is 48.0 Å². The number of aliphatic hydroxyl groups excluding tert-OH is 1. The van der Waals surface area contributed by atoms with Gasteiger partial charge in [-0.05, 0) is 19.1 Å². The molecular weight excluding hydrogens is 216 g/mol. The summed E-state index contributed by atoms with van der Waals surface area (Å²) in [5, 5.41) is 9.69. The summed E-state index contributed by atoms with van der Waals surface area (Å²) in [5.74, 6) is 0.795. The molecule has 17 heavy (non-hydrogen) atoms. The Hall–Kier alpha value is -1.81. The van der Waals surface area contributed by atoms with Crippen molar-refractivity contribution in [3.8, 4) is 0 Å². The Balaban J connectivity index is 2.21. The van der Waals surface area contributed by atoms with Crippen LogP contribution in [0.3, 0.4) is 0 Å². The predicted molar refractivity (Wildman–Crippen MR) is 65.7 cm³/mol. The SMILES string of the molecule is C[C@@H](O)c1cccnc1N(C)Cc1ccoc1. The second-order valence-corrected chi connectivity index (χ2v) is 4.08. The monoisotopic (exact) mass is 232 g/mol. The van der Waals surface area contributed by atoms with Gasteiger partial charge in [0.25, 0.3) is 0 Å². The summed E-state index contributed by atoms with van der Waals surface area (Å²) in [6.07, 6.45) is 4.57. The third-order valence-electron chi connectivity index (χ3n) is 2.63. The molecule has 0 aliphatic rings. The zero-order valence-electron chi connectivity index (χ0n) is 10.00. The van der Waals surface area contributed by atoms with Crippen LogP contribution in [0.15, 0.2) is 41.3 Å². The van der Waals surface area contributed by atoms with Gasteiger partial charge in [-0.25, -0.2) is 4.98 Å². The van der Waals surface area contributed by atoms with Crippen LogP contribution in [0.5, 0.6) is 0 Å². The number of hydrogen-bond donors (Lipinski definition) is 1. The lowest BCUT2D eigenvalue weighted by Gasteiger charge is -2.21. The molecule has 2 rings (SSSR count). The molecule has 0 amide bonds. The maximum atomic E-state index is 9.69. The Kier molecular flexibility index (Phi) is 3.44. The van der Waals surface area contributed by atoms with E-state index in [1.165, 1.54) is 0 Å².